The molecule has 0 saturated carbocycles. The van der Waals surface area contributed by atoms with Gasteiger partial charge in [0.05, 0.1) is 25.3 Å². The van der Waals surface area contributed by atoms with Crippen LogP contribution in [-0.4, -0.2) is 30.1 Å². The van der Waals surface area contributed by atoms with E-state index in [1.165, 1.54) is 0 Å². The number of aliphatic carboxylic acids is 1. The Morgan fingerprint density at radius 3 is 2.09 bits per heavy atom. The molecule has 0 aromatic carbocycles. The Hall–Kier alpha value is -0.830. The number of likely N-dealkylation sites (N-methyl/N-ethyl adjacent to an activating group) is 1. The van der Waals surface area contributed by atoms with Gasteiger partial charge in [-0.3, -0.25) is 4.48 Å². The maximum atomic E-state index is 10.3. The van der Waals surface area contributed by atoms with Gasteiger partial charge in [-0.25, -0.2) is 0 Å². The molecule has 0 unspecified atom stereocenters. The molecule has 3 nitrogen and oxygen atoms in total. The van der Waals surface area contributed by atoms with Gasteiger partial charge in [0.25, 0.3) is 0 Å². The molecule has 0 saturated heterocycles. The summed E-state index contributed by atoms with van der Waals surface area (Å²) in [6.07, 6.45) is 1.66. The summed E-state index contributed by atoms with van der Waals surface area (Å²) in [7, 11) is 0. The molecule has 0 aromatic heterocycles. The van der Waals surface area contributed by atoms with Gasteiger partial charge < -0.3 is 9.90 Å². The molecule has 0 aliphatic rings. The lowest BCUT2D eigenvalue weighted by Gasteiger charge is -2.32. The van der Waals surface area contributed by atoms with Crippen molar-refractivity contribution in [2.75, 3.05) is 19.6 Å². The molecule has 0 rings (SSSR count). The van der Waals surface area contributed by atoms with Crippen molar-refractivity contribution in [1.82, 2.24) is 0 Å². The van der Waals surface area contributed by atoms with E-state index in [0.717, 1.165) is 13.1 Å². The van der Waals surface area contributed by atoms with Gasteiger partial charge in [0.1, 0.15) is 6.54 Å². The van der Waals surface area contributed by atoms with Gasteiger partial charge in [-0.1, -0.05) is 0 Å². The minimum absolute atomic E-state index is 0.0243. The monoisotopic (exact) mass is 157 g/mol. The molecule has 0 radical (unpaired) electrons. The van der Waals surface area contributed by atoms with Gasteiger partial charge in [0, 0.05) is 0 Å². The highest BCUT2D eigenvalue weighted by atomic mass is 16.4. The smallest absolute Gasteiger partial charge is 0.123 e. The summed E-state index contributed by atoms with van der Waals surface area (Å²) in [6.45, 7) is 9.00. The van der Waals surface area contributed by atoms with Gasteiger partial charge in [-0.05, 0) is 20.4 Å². The predicted molar refractivity (Wildman–Crippen MR) is 41.4 cm³/mol. The van der Waals surface area contributed by atoms with Crippen molar-refractivity contribution in [3.63, 3.8) is 0 Å². The first kappa shape index (κ1) is 10.2. The number of hydrogen-bond donors (Lipinski definition) is 0. The summed E-state index contributed by atoms with van der Waals surface area (Å²) < 4.78 is 0.391. The third-order valence-electron chi connectivity index (χ3n) is 2.09. The Balaban J connectivity index is 4.28. The molecule has 0 atom stereocenters. The quantitative estimate of drug-likeness (QED) is 0.516. The molecule has 0 amide bonds. The molecular formula is C8H15NO2. The molecular weight excluding hydrogens is 142 g/mol. The summed E-state index contributed by atoms with van der Waals surface area (Å²) in [4.78, 5) is 10.3. The SMILES string of the molecule is C=C[N+](CC)(CC)CC(=O)[O-]. The number of quaternary nitrogens is 1. The molecule has 3 heteroatoms. The summed E-state index contributed by atoms with van der Waals surface area (Å²) in [5.74, 6) is -1.02. The molecule has 0 heterocycles. The standard InChI is InChI=1S/C8H15NO2/c1-4-9(5-2,6-3)7-8(10)11/h4H,1,5-7H2,2-3H3. The van der Waals surface area contributed by atoms with Gasteiger partial charge in [0.15, 0.2) is 0 Å². The summed E-state index contributed by atoms with van der Waals surface area (Å²) in [5, 5.41) is 10.3. The van der Waals surface area contributed by atoms with E-state index in [2.05, 4.69) is 6.58 Å². The maximum Gasteiger partial charge on any atom is 0.123 e. The topological polar surface area (TPSA) is 40.1 Å². The lowest BCUT2D eigenvalue weighted by molar-refractivity contribution is -0.870. The molecule has 64 valence electrons. The normalized spacial score (nSPS) is 11.1. The lowest BCUT2D eigenvalue weighted by Crippen LogP contribution is -2.49. The van der Waals surface area contributed by atoms with E-state index in [4.69, 9.17) is 0 Å². The fourth-order valence-corrected chi connectivity index (χ4v) is 1.03. The van der Waals surface area contributed by atoms with Crippen molar-refractivity contribution in [2.24, 2.45) is 0 Å². The summed E-state index contributed by atoms with van der Waals surface area (Å²) >= 11 is 0. The van der Waals surface area contributed by atoms with E-state index >= 15 is 0 Å². The van der Waals surface area contributed by atoms with Crippen molar-refractivity contribution in [1.29, 1.82) is 0 Å². The average Bonchev–Trinajstić information content (AvgIpc) is 2.00. The number of rotatable bonds is 5. The van der Waals surface area contributed by atoms with Crippen LogP contribution in [0.4, 0.5) is 0 Å². The predicted octanol–water partition coefficient (Wildman–Crippen LogP) is -0.264. The molecule has 0 bridgehead atoms. The van der Waals surface area contributed by atoms with Gasteiger partial charge in [-0.15, -0.1) is 0 Å². The molecule has 0 spiro atoms. The van der Waals surface area contributed by atoms with Gasteiger partial charge in [0.2, 0.25) is 0 Å². The van der Waals surface area contributed by atoms with Crippen LogP contribution in [0.15, 0.2) is 12.8 Å². The van der Waals surface area contributed by atoms with E-state index < -0.39 is 5.97 Å². The van der Waals surface area contributed by atoms with Crippen LogP contribution in [0.5, 0.6) is 0 Å². The van der Waals surface area contributed by atoms with Crippen molar-refractivity contribution in [3.05, 3.63) is 12.8 Å². The van der Waals surface area contributed by atoms with E-state index in [-0.39, 0.29) is 6.54 Å². The highest BCUT2D eigenvalue weighted by molar-refractivity contribution is 5.65. The number of carbonyl (C=O) groups excluding carboxylic acids is 1. The van der Waals surface area contributed by atoms with Crippen molar-refractivity contribution >= 4 is 5.97 Å². The van der Waals surface area contributed by atoms with Crippen LogP contribution in [0.3, 0.4) is 0 Å². The molecule has 0 N–H and O–H groups in total. The van der Waals surface area contributed by atoms with E-state index in [1.54, 1.807) is 6.20 Å². The summed E-state index contributed by atoms with van der Waals surface area (Å²) in [5.41, 5.74) is 0. The Morgan fingerprint density at radius 2 is 2.00 bits per heavy atom. The second-order valence-corrected chi connectivity index (χ2v) is 2.56. The molecule has 0 fully saturated rings. The maximum absolute atomic E-state index is 10.3. The zero-order valence-corrected chi connectivity index (χ0v) is 7.17. The lowest BCUT2D eigenvalue weighted by atomic mass is 10.3. The van der Waals surface area contributed by atoms with Crippen LogP contribution >= 0.6 is 0 Å². The number of carbonyl (C=O) groups is 1. The third kappa shape index (κ3) is 2.72. The van der Waals surface area contributed by atoms with Gasteiger partial charge in [-0.2, -0.15) is 0 Å². The van der Waals surface area contributed by atoms with Gasteiger partial charge >= 0.3 is 0 Å². The van der Waals surface area contributed by atoms with E-state index in [1.807, 2.05) is 13.8 Å². The first-order valence-corrected chi connectivity index (χ1v) is 3.79. The molecule has 11 heavy (non-hydrogen) atoms. The zero-order chi connectivity index (χ0) is 8.91. The number of carboxylic acids is 1. The largest absolute Gasteiger partial charge is 0.544 e. The van der Waals surface area contributed by atoms with E-state index in [0.29, 0.717) is 4.48 Å². The Morgan fingerprint density at radius 1 is 1.55 bits per heavy atom. The number of carboxylic acid groups (broad SMARTS) is 1. The first-order chi connectivity index (χ1) is 5.10. The Labute approximate surface area is 67.5 Å². The number of hydrogen-bond acceptors (Lipinski definition) is 2. The fourth-order valence-electron chi connectivity index (χ4n) is 1.03. The second-order valence-electron chi connectivity index (χ2n) is 2.56. The van der Waals surface area contributed by atoms with Crippen molar-refractivity contribution < 1.29 is 14.4 Å². The van der Waals surface area contributed by atoms with E-state index in [9.17, 15) is 9.90 Å². The van der Waals surface area contributed by atoms with Crippen LogP contribution in [0.25, 0.3) is 0 Å². The van der Waals surface area contributed by atoms with Crippen LogP contribution in [0.1, 0.15) is 13.8 Å². The zero-order valence-electron chi connectivity index (χ0n) is 7.17. The minimum atomic E-state index is -1.02. The van der Waals surface area contributed by atoms with Crippen LogP contribution in [0, 0.1) is 0 Å². The first-order valence-electron chi connectivity index (χ1n) is 3.79. The fraction of sp³-hybridized carbons (Fsp3) is 0.625. The molecule has 0 aliphatic heterocycles. The van der Waals surface area contributed by atoms with Crippen LogP contribution < -0.4 is 5.11 Å². The number of nitrogens with zero attached hydrogens (tertiary/aromatic N) is 1. The Kier molecular flexibility index (Phi) is 3.82. The third-order valence-corrected chi connectivity index (χ3v) is 2.09. The highest BCUT2D eigenvalue weighted by Gasteiger charge is 2.18. The van der Waals surface area contributed by atoms with Crippen LogP contribution in [0.2, 0.25) is 0 Å². The average molecular weight is 157 g/mol. The molecule has 0 aromatic rings. The van der Waals surface area contributed by atoms with Crippen molar-refractivity contribution in [2.45, 2.75) is 13.8 Å². The van der Waals surface area contributed by atoms with Crippen molar-refractivity contribution in [3.8, 4) is 0 Å². The minimum Gasteiger partial charge on any atom is -0.544 e. The highest BCUT2D eigenvalue weighted by Crippen LogP contribution is 2.04. The molecule has 0 aliphatic carbocycles. The van der Waals surface area contributed by atoms with Crippen LogP contribution in [-0.2, 0) is 4.79 Å². The summed E-state index contributed by atoms with van der Waals surface area (Å²) in [6, 6.07) is 0. The second kappa shape index (κ2) is 4.13. The Bertz CT molecular complexity index is 150.